The Bertz CT molecular complexity index is 277. The monoisotopic (exact) mass is 286 g/mol. The van der Waals surface area contributed by atoms with Crippen molar-refractivity contribution >= 4 is 9.04 Å². The lowest BCUT2D eigenvalue weighted by atomic mass is 9.76. The summed E-state index contributed by atoms with van der Waals surface area (Å²) in [5.74, 6) is 0.606. The largest absolute Gasteiger partial charge is 0.417 e. The molecule has 0 aromatic carbocycles. The van der Waals surface area contributed by atoms with Crippen molar-refractivity contribution in [1.82, 2.24) is 0 Å². The fraction of sp³-hybridized carbons (Fsp3) is 1.00. The highest BCUT2D eigenvalue weighted by molar-refractivity contribution is 6.51. The molecule has 4 heteroatoms. The molecule has 0 aromatic heterocycles. The first-order valence-corrected chi connectivity index (χ1v) is 10.1. The first kappa shape index (κ1) is 15.5. The Morgan fingerprint density at radius 2 is 1.89 bits per heavy atom. The summed E-state index contributed by atoms with van der Waals surface area (Å²) in [5, 5.41) is 0. The molecule has 112 valence electrons. The molecule has 0 radical (unpaired) electrons. The Morgan fingerprint density at radius 3 is 2.42 bits per heavy atom. The number of hydrogen-bond donors (Lipinski definition) is 0. The van der Waals surface area contributed by atoms with Gasteiger partial charge in [0.1, 0.15) is 0 Å². The summed E-state index contributed by atoms with van der Waals surface area (Å²) in [4.78, 5) is 0. The van der Waals surface area contributed by atoms with Crippen molar-refractivity contribution in [2.24, 2.45) is 5.92 Å². The summed E-state index contributed by atoms with van der Waals surface area (Å²) in [5.41, 5.74) is -0.0769. The van der Waals surface area contributed by atoms with E-state index in [1.807, 2.05) is 7.11 Å². The SMILES string of the molecule is CC[SiH](CC)OCC(CC)(OC)C1CCC2OC2C1. The second kappa shape index (κ2) is 6.70. The van der Waals surface area contributed by atoms with Crippen LogP contribution >= 0.6 is 0 Å². The molecule has 1 aliphatic heterocycles. The molecule has 4 unspecified atom stereocenters. The van der Waals surface area contributed by atoms with Gasteiger partial charge < -0.3 is 13.9 Å². The fourth-order valence-electron chi connectivity index (χ4n) is 3.54. The van der Waals surface area contributed by atoms with E-state index in [9.17, 15) is 0 Å². The highest BCUT2D eigenvalue weighted by Crippen LogP contribution is 2.45. The lowest BCUT2D eigenvalue weighted by Gasteiger charge is -2.41. The molecule has 0 N–H and O–H groups in total. The van der Waals surface area contributed by atoms with E-state index in [0.29, 0.717) is 18.1 Å². The maximum Gasteiger partial charge on any atom is 0.176 e. The zero-order valence-corrected chi connectivity index (χ0v) is 14.1. The maximum atomic E-state index is 6.26. The smallest absolute Gasteiger partial charge is 0.176 e. The average Bonchev–Trinajstić information content (AvgIpc) is 3.23. The molecule has 19 heavy (non-hydrogen) atoms. The van der Waals surface area contributed by atoms with Crippen LogP contribution in [0.2, 0.25) is 12.1 Å². The molecule has 1 saturated heterocycles. The molecule has 2 aliphatic rings. The summed E-state index contributed by atoms with van der Waals surface area (Å²) in [6.45, 7) is 7.54. The van der Waals surface area contributed by atoms with Gasteiger partial charge in [-0.3, -0.25) is 0 Å². The van der Waals surface area contributed by atoms with Crippen LogP contribution in [0.3, 0.4) is 0 Å². The van der Waals surface area contributed by atoms with Gasteiger partial charge in [0.2, 0.25) is 0 Å². The molecule has 1 saturated carbocycles. The quantitative estimate of drug-likeness (QED) is 0.507. The molecule has 2 rings (SSSR count). The van der Waals surface area contributed by atoms with Crippen molar-refractivity contribution in [2.75, 3.05) is 13.7 Å². The third kappa shape index (κ3) is 3.41. The van der Waals surface area contributed by atoms with E-state index in [1.54, 1.807) is 0 Å². The normalized spacial score (nSPS) is 33.0. The van der Waals surface area contributed by atoms with Crippen LogP contribution in [-0.4, -0.2) is 40.6 Å². The molecular weight excluding hydrogens is 256 g/mol. The zero-order valence-electron chi connectivity index (χ0n) is 13.0. The molecule has 0 bridgehead atoms. The lowest BCUT2D eigenvalue weighted by molar-refractivity contribution is -0.0979. The summed E-state index contributed by atoms with van der Waals surface area (Å²) in [6.07, 6.45) is 5.74. The van der Waals surface area contributed by atoms with E-state index in [-0.39, 0.29) is 5.60 Å². The zero-order chi connectivity index (χ0) is 13.9. The molecule has 0 amide bonds. The van der Waals surface area contributed by atoms with E-state index in [4.69, 9.17) is 13.9 Å². The van der Waals surface area contributed by atoms with Crippen LogP contribution in [0.4, 0.5) is 0 Å². The van der Waals surface area contributed by atoms with Crippen LogP contribution < -0.4 is 0 Å². The van der Waals surface area contributed by atoms with Gasteiger partial charge >= 0.3 is 0 Å². The molecule has 3 nitrogen and oxygen atoms in total. The number of epoxide rings is 1. The van der Waals surface area contributed by atoms with Gasteiger partial charge in [-0.25, -0.2) is 0 Å². The van der Waals surface area contributed by atoms with Crippen molar-refractivity contribution in [3.63, 3.8) is 0 Å². The molecule has 0 aromatic rings. The Kier molecular flexibility index (Phi) is 5.46. The third-order valence-corrected chi connectivity index (χ3v) is 7.69. The van der Waals surface area contributed by atoms with E-state index in [2.05, 4.69) is 20.8 Å². The highest BCUT2D eigenvalue weighted by atomic mass is 28.3. The second-order valence-corrected chi connectivity index (χ2v) is 9.31. The Hall–Kier alpha value is 0.0969. The van der Waals surface area contributed by atoms with Gasteiger partial charge in [-0.05, 0) is 43.7 Å². The van der Waals surface area contributed by atoms with E-state index >= 15 is 0 Å². The number of hydrogen-bond acceptors (Lipinski definition) is 3. The molecule has 1 heterocycles. The van der Waals surface area contributed by atoms with Gasteiger partial charge in [0.25, 0.3) is 0 Å². The number of rotatable bonds is 8. The van der Waals surface area contributed by atoms with Crippen molar-refractivity contribution in [3.05, 3.63) is 0 Å². The van der Waals surface area contributed by atoms with Gasteiger partial charge in [-0.15, -0.1) is 0 Å². The summed E-state index contributed by atoms with van der Waals surface area (Å²) in [7, 11) is 0.872. The van der Waals surface area contributed by atoms with Gasteiger partial charge in [0.15, 0.2) is 9.04 Å². The molecular formula is C15H30O3Si. The van der Waals surface area contributed by atoms with Gasteiger partial charge in [-0.1, -0.05) is 20.8 Å². The predicted molar refractivity (Wildman–Crippen MR) is 80.1 cm³/mol. The fourth-order valence-corrected chi connectivity index (χ4v) is 5.11. The molecule has 0 spiro atoms. The number of fused-ring (bicyclic) bond motifs is 1. The Balaban J connectivity index is 1.95. The van der Waals surface area contributed by atoms with E-state index < -0.39 is 9.04 Å². The van der Waals surface area contributed by atoms with Gasteiger partial charge in [-0.2, -0.15) is 0 Å². The van der Waals surface area contributed by atoms with Crippen LogP contribution in [0, 0.1) is 5.92 Å². The number of methoxy groups -OCH3 is 1. The second-order valence-electron chi connectivity index (χ2n) is 6.09. The first-order chi connectivity index (χ1) is 9.19. The molecule has 4 atom stereocenters. The highest BCUT2D eigenvalue weighted by Gasteiger charge is 2.50. The van der Waals surface area contributed by atoms with Crippen molar-refractivity contribution in [3.8, 4) is 0 Å². The molecule has 1 aliphatic carbocycles. The Morgan fingerprint density at radius 1 is 1.16 bits per heavy atom. The summed E-state index contributed by atoms with van der Waals surface area (Å²) < 4.78 is 17.9. The minimum Gasteiger partial charge on any atom is -0.417 e. The lowest BCUT2D eigenvalue weighted by Crippen LogP contribution is -2.47. The van der Waals surface area contributed by atoms with E-state index in [0.717, 1.165) is 13.0 Å². The Labute approximate surface area is 119 Å². The van der Waals surface area contributed by atoms with Gasteiger partial charge in [0.05, 0.1) is 24.4 Å². The average molecular weight is 286 g/mol. The summed E-state index contributed by atoms with van der Waals surface area (Å²) >= 11 is 0. The van der Waals surface area contributed by atoms with Crippen LogP contribution in [-0.2, 0) is 13.9 Å². The van der Waals surface area contributed by atoms with Gasteiger partial charge in [0, 0.05) is 7.11 Å². The number of ether oxygens (including phenoxy) is 2. The minimum absolute atomic E-state index is 0.0769. The summed E-state index contributed by atoms with van der Waals surface area (Å²) in [6, 6.07) is 2.44. The molecule has 2 fully saturated rings. The topological polar surface area (TPSA) is 31.0 Å². The van der Waals surface area contributed by atoms with Crippen LogP contribution in [0.1, 0.15) is 46.5 Å². The third-order valence-electron chi connectivity index (χ3n) is 5.23. The first-order valence-electron chi connectivity index (χ1n) is 8.01. The van der Waals surface area contributed by atoms with Crippen molar-refractivity contribution in [2.45, 2.75) is 76.4 Å². The van der Waals surface area contributed by atoms with Crippen LogP contribution in [0.25, 0.3) is 0 Å². The minimum atomic E-state index is -0.991. The van der Waals surface area contributed by atoms with Crippen LogP contribution in [0.5, 0.6) is 0 Å². The van der Waals surface area contributed by atoms with E-state index in [1.165, 1.54) is 31.4 Å². The van der Waals surface area contributed by atoms with Crippen molar-refractivity contribution < 1.29 is 13.9 Å². The van der Waals surface area contributed by atoms with Crippen molar-refractivity contribution in [1.29, 1.82) is 0 Å². The maximum absolute atomic E-state index is 6.26. The standard InChI is InChI=1S/C15H30O3Si/c1-5-15(16-4,11-17-19(6-2)7-3)12-8-9-13-14(10-12)18-13/h12-14,19H,5-11H2,1-4H3. The predicted octanol–water partition coefficient (Wildman–Crippen LogP) is 3.13. The van der Waals surface area contributed by atoms with Crippen LogP contribution in [0.15, 0.2) is 0 Å².